The molecule has 1 aromatic rings. The van der Waals surface area contributed by atoms with Gasteiger partial charge in [-0.1, -0.05) is 18.7 Å². The van der Waals surface area contributed by atoms with Gasteiger partial charge in [0.15, 0.2) is 10.1 Å². The van der Waals surface area contributed by atoms with Crippen LogP contribution in [0.2, 0.25) is 0 Å². The van der Waals surface area contributed by atoms with Crippen molar-refractivity contribution in [1.29, 1.82) is 0 Å². The van der Waals surface area contributed by atoms with Crippen LogP contribution in [0.25, 0.3) is 0 Å². The molecule has 0 amide bonds. The highest BCUT2D eigenvalue weighted by Gasteiger charge is 2.45. The third-order valence-corrected chi connectivity index (χ3v) is 5.75. The number of thioether (sulfide) groups is 1. The lowest BCUT2D eigenvalue weighted by atomic mass is 9.89. The molecule has 1 spiro atoms. The topological polar surface area (TPSA) is 56.3 Å². The molecule has 1 saturated carbocycles. The van der Waals surface area contributed by atoms with E-state index in [-0.39, 0.29) is 5.79 Å². The predicted molar refractivity (Wildman–Crippen MR) is 75.5 cm³/mol. The minimum atomic E-state index is -0.339. The van der Waals surface area contributed by atoms with E-state index in [1.807, 2.05) is 0 Å². The first kappa shape index (κ1) is 13.8. The number of hydrogen-bond acceptors (Lipinski definition) is 7. The van der Waals surface area contributed by atoms with Gasteiger partial charge in [0.2, 0.25) is 0 Å². The van der Waals surface area contributed by atoms with Gasteiger partial charge in [-0.15, -0.1) is 0 Å². The Bertz CT molecular complexity index is 396. The smallest absolute Gasteiger partial charge is 0.170 e. The van der Waals surface area contributed by atoms with Crippen molar-refractivity contribution in [3.8, 4) is 0 Å². The molecule has 1 N–H and O–H groups in total. The summed E-state index contributed by atoms with van der Waals surface area (Å²) in [7, 11) is 0. The second-order valence-electron chi connectivity index (χ2n) is 4.88. The molecule has 0 bridgehead atoms. The molecular formula is C12H19N3O2S2. The van der Waals surface area contributed by atoms with E-state index >= 15 is 0 Å². The maximum atomic E-state index is 5.86. The van der Waals surface area contributed by atoms with Gasteiger partial charge in [-0.3, -0.25) is 0 Å². The van der Waals surface area contributed by atoms with Gasteiger partial charge >= 0.3 is 0 Å². The molecule has 1 saturated heterocycles. The lowest BCUT2D eigenvalue weighted by molar-refractivity contribution is -0.178. The van der Waals surface area contributed by atoms with Crippen LogP contribution in [0.4, 0.5) is 0 Å². The van der Waals surface area contributed by atoms with Gasteiger partial charge in [-0.05, 0) is 24.5 Å². The van der Waals surface area contributed by atoms with Crippen LogP contribution < -0.4 is 5.32 Å². The molecule has 0 radical (unpaired) electrons. The molecular weight excluding hydrogens is 282 g/mol. The highest BCUT2D eigenvalue weighted by atomic mass is 32.2. The first-order valence-corrected chi connectivity index (χ1v) is 8.41. The van der Waals surface area contributed by atoms with Crippen molar-refractivity contribution in [1.82, 2.24) is 14.7 Å². The Kier molecular flexibility index (Phi) is 4.38. The fourth-order valence-electron chi connectivity index (χ4n) is 2.84. The second-order valence-corrected chi connectivity index (χ2v) is 7.14. The minimum Gasteiger partial charge on any atom is -0.347 e. The van der Waals surface area contributed by atoms with E-state index in [4.69, 9.17) is 9.47 Å². The number of ether oxygens (including phenoxy) is 2. The Balaban J connectivity index is 1.70. The summed E-state index contributed by atoms with van der Waals surface area (Å²) < 4.78 is 16.8. The van der Waals surface area contributed by atoms with Crippen molar-refractivity contribution < 1.29 is 9.47 Å². The van der Waals surface area contributed by atoms with E-state index in [2.05, 4.69) is 21.6 Å². The summed E-state index contributed by atoms with van der Waals surface area (Å²) >= 11 is 3.26. The first-order valence-electron chi connectivity index (χ1n) is 6.76. The van der Waals surface area contributed by atoms with Crippen LogP contribution in [0.1, 0.15) is 26.2 Å². The van der Waals surface area contributed by atoms with Crippen LogP contribution in [0, 0.1) is 0 Å². The first-order chi connectivity index (χ1) is 9.31. The van der Waals surface area contributed by atoms with Gasteiger partial charge in [-0.25, -0.2) is 4.98 Å². The summed E-state index contributed by atoms with van der Waals surface area (Å²) in [6.45, 7) is 4.59. The zero-order chi connectivity index (χ0) is 13.1. The molecule has 3 rings (SSSR count). The van der Waals surface area contributed by atoms with E-state index in [1.54, 1.807) is 18.1 Å². The monoisotopic (exact) mass is 301 g/mol. The highest BCUT2D eigenvalue weighted by Crippen LogP contribution is 2.42. The van der Waals surface area contributed by atoms with E-state index in [0.717, 1.165) is 43.4 Å². The average Bonchev–Trinajstić information content (AvgIpc) is 3.06. The highest BCUT2D eigenvalue weighted by molar-refractivity contribution is 8.01. The van der Waals surface area contributed by atoms with Crippen LogP contribution in [-0.4, -0.2) is 46.2 Å². The molecule has 2 unspecified atom stereocenters. The molecule has 1 aliphatic heterocycles. The zero-order valence-electron chi connectivity index (χ0n) is 11.0. The molecule has 5 nitrogen and oxygen atoms in total. The van der Waals surface area contributed by atoms with E-state index in [0.29, 0.717) is 11.3 Å². The van der Waals surface area contributed by atoms with E-state index in [9.17, 15) is 0 Å². The number of rotatable bonds is 4. The predicted octanol–water partition coefficient (Wildman–Crippen LogP) is 1.90. The maximum Gasteiger partial charge on any atom is 0.170 e. The number of aromatic nitrogens is 2. The Morgan fingerprint density at radius 2 is 2.37 bits per heavy atom. The summed E-state index contributed by atoms with van der Waals surface area (Å²) in [5.41, 5.74) is 0. The van der Waals surface area contributed by atoms with Crippen molar-refractivity contribution in [2.45, 2.75) is 47.6 Å². The molecule has 2 fully saturated rings. The molecule has 1 aromatic heterocycles. The molecule has 2 atom stereocenters. The number of nitrogens with one attached hydrogen (secondary N) is 1. The number of hydrogen-bond donors (Lipinski definition) is 1. The molecule has 106 valence electrons. The van der Waals surface area contributed by atoms with Crippen LogP contribution in [0.3, 0.4) is 0 Å². The quantitative estimate of drug-likeness (QED) is 0.917. The van der Waals surface area contributed by atoms with Gasteiger partial charge in [-0.2, -0.15) is 4.37 Å². The van der Waals surface area contributed by atoms with E-state index in [1.165, 1.54) is 11.5 Å². The lowest BCUT2D eigenvalue weighted by Gasteiger charge is -2.40. The van der Waals surface area contributed by atoms with Crippen molar-refractivity contribution in [2.75, 3.05) is 19.8 Å². The summed E-state index contributed by atoms with van der Waals surface area (Å²) in [6, 6.07) is 0.498. The Labute approximate surface area is 121 Å². The van der Waals surface area contributed by atoms with E-state index < -0.39 is 0 Å². The molecule has 2 aliphatic rings. The van der Waals surface area contributed by atoms with Gasteiger partial charge < -0.3 is 14.8 Å². The Hall–Kier alpha value is -0.210. The summed E-state index contributed by atoms with van der Waals surface area (Å²) in [5.74, 6) is -0.339. The van der Waals surface area contributed by atoms with Gasteiger partial charge in [0, 0.05) is 24.1 Å². The third kappa shape index (κ3) is 3.11. The van der Waals surface area contributed by atoms with Crippen molar-refractivity contribution in [3.05, 3.63) is 6.33 Å². The van der Waals surface area contributed by atoms with Gasteiger partial charge in [0.25, 0.3) is 0 Å². The molecule has 7 heteroatoms. The van der Waals surface area contributed by atoms with Gasteiger partial charge in [0.05, 0.1) is 13.2 Å². The molecule has 2 heterocycles. The molecule has 1 aliphatic carbocycles. The normalized spacial score (nSPS) is 29.9. The van der Waals surface area contributed by atoms with Crippen LogP contribution in [0.5, 0.6) is 0 Å². The summed E-state index contributed by atoms with van der Waals surface area (Å²) in [6.07, 6.45) is 4.62. The third-order valence-electron chi connectivity index (χ3n) is 3.67. The summed E-state index contributed by atoms with van der Waals surface area (Å²) in [4.78, 5) is 4.28. The van der Waals surface area contributed by atoms with Crippen LogP contribution in [-0.2, 0) is 9.47 Å². The minimum absolute atomic E-state index is 0.339. The standard InChI is InChI=1S/C12H19N3O2S2/c1-2-13-9-3-4-12(16-5-6-17-12)7-10(9)18-11-14-8-15-19-11/h8-10,13H,2-7H2,1H3. The van der Waals surface area contributed by atoms with Crippen molar-refractivity contribution in [3.63, 3.8) is 0 Å². The Morgan fingerprint density at radius 3 is 3.05 bits per heavy atom. The molecule has 0 aromatic carbocycles. The molecule has 19 heavy (non-hydrogen) atoms. The van der Waals surface area contributed by atoms with Crippen molar-refractivity contribution in [2.24, 2.45) is 0 Å². The SMILES string of the molecule is CCNC1CCC2(CC1Sc1ncns1)OCCO2. The zero-order valence-corrected chi connectivity index (χ0v) is 12.6. The van der Waals surface area contributed by atoms with Gasteiger partial charge in [0.1, 0.15) is 6.33 Å². The van der Waals surface area contributed by atoms with Crippen LogP contribution >= 0.6 is 23.3 Å². The Morgan fingerprint density at radius 1 is 1.53 bits per heavy atom. The fraction of sp³-hybridized carbons (Fsp3) is 0.833. The number of nitrogens with zero attached hydrogens (tertiary/aromatic N) is 2. The van der Waals surface area contributed by atoms with Crippen molar-refractivity contribution >= 4 is 23.3 Å². The van der Waals surface area contributed by atoms with Crippen LogP contribution in [0.15, 0.2) is 10.7 Å². The largest absolute Gasteiger partial charge is 0.347 e. The second kappa shape index (κ2) is 6.05. The summed E-state index contributed by atoms with van der Waals surface area (Å²) in [5, 5.41) is 4.01. The lowest BCUT2D eigenvalue weighted by Crippen LogP contribution is -2.49. The maximum absolute atomic E-state index is 5.86. The average molecular weight is 301 g/mol. The fourth-order valence-corrected chi connectivity index (χ4v) is 4.89.